The third-order valence-corrected chi connectivity index (χ3v) is 2.86. The minimum Gasteiger partial charge on any atom is -0.384 e. The van der Waals surface area contributed by atoms with Crippen molar-refractivity contribution in [3.63, 3.8) is 0 Å². The molecule has 2 aromatic heterocycles. The first-order valence-corrected chi connectivity index (χ1v) is 5.50. The lowest BCUT2D eigenvalue weighted by molar-refractivity contribution is 0.962. The summed E-state index contributed by atoms with van der Waals surface area (Å²) in [6.07, 6.45) is 3.87. The van der Waals surface area contributed by atoms with Crippen molar-refractivity contribution in [2.75, 3.05) is 5.73 Å². The number of aryl methyl sites for hydroxylation is 2. The van der Waals surface area contributed by atoms with Gasteiger partial charge >= 0.3 is 0 Å². The van der Waals surface area contributed by atoms with Crippen LogP contribution in [0.5, 0.6) is 0 Å². The molecule has 0 radical (unpaired) electrons. The van der Waals surface area contributed by atoms with Crippen molar-refractivity contribution < 1.29 is 0 Å². The highest BCUT2D eigenvalue weighted by molar-refractivity contribution is 7.07. The molecule has 0 spiro atoms. The van der Waals surface area contributed by atoms with Crippen LogP contribution in [0.25, 0.3) is 0 Å². The van der Waals surface area contributed by atoms with E-state index in [-0.39, 0.29) is 0 Å². The monoisotopic (exact) mass is 204 g/mol. The van der Waals surface area contributed by atoms with Crippen LogP contribution in [0.2, 0.25) is 0 Å². The van der Waals surface area contributed by atoms with Gasteiger partial charge in [-0.05, 0) is 52.9 Å². The standard InChI is InChI=1S/C11H12N2S/c12-11-7-9(3-5-13-11)1-2-10-4-6-14-8-10/h3-8H,1-2H2,(H2,12,13). The minimum absolute atomic E-state index is 0.604. The molecule has 0 saturated carbocycles. The van der Waals surface area contributed by atoms with Crippen LogP contribution >= 0.6 is 11.3 Å². The molecule has 0 unspecified atom stereocenters. The van der Waals surface area contributed by atoms with Gasteiger partial charge in [-0.3, -0.25) is 0 Å². The number of nitrogens with zero attached hydrogens (tertiary/aromatic N) is 1. The summed E-state index contributed by atoms with van der Waals surface area (Å²) in [5.74, 6) is 0.604. The molecule has 2 heterocycles. The number of aromatic nitrogens is 1. The summed E-state index contributed by atoms with van der Waals surface area (Å²) < 4.78 is 0. The first kappa shape index (κ1) is 9.21. The first-order valence-electron chi connectivity index (χ1n) is 4.56. The molecular formula is C11H12N2S. The molecule has 14 heavy (non-hydrogen) atoms. The van der Waals surface area contributed by atoms with Gasteiger partial charge in [-0.15, -0.1) is 0 Å². The van der Waals surface area contributed by atoms with Crippen molar-refractivity contribution in [1.82, 2.24) is 4.98 Å². The fourth-order valence-corrected chi connectivity index (χ4v) is 2.08. The molecule has 0 aliphatic carbocycles. The number of rotatable bonds is 3. The largest absolute Gasteiger partial charge is 0.384 e. The Kier molecular flexibility index (Phi) is 2.79. The predicted octanol–water partition coefficient (Wildman–Crippen LogP) is 2.51. The van der Waals surface area contributed by atoms with E-state index in [9.17, 15) is 0 Å². The van der Waals surface area contributed by atoms with Crippen molar-refractivity contribution in [1.29, 1.82) is 0 Å². The zero-order valence-corrected chi connectivity index (χ0v) is 8.63. The fourth-order valence-electron chi connectivity index (χ4n) is 1.37. The SMILES string of the molecule is Nc1cc(CCc2ccsc2)ccn1. The van der Waals surface area contributed by atoms with Crippen LogP contribution in [0.1, 0.15) is 11.1 Å². The molecule has 2 nitrogen and oxygen atoms in total. The van der Waals surface area contributed by atoms with Crippen molar-refractivity contribution >= 4 is 17.2 Å². The van der Waals surface area contributed by atoms with Gasteiger partial charge in [-0.2, -0.15) is 11.3 Å². The Balaban J connectivity index is 1.98. The van der Waals surface area contributed by atoms with Gasteiger partial charge < -0.3 is 5.73 Å². The van der Waals surface area contributed by atoms with Gasteiger partial charge in [0.2, 0.25) is 0 Å². The van der Waals surface area contributed by atoms with E-state index < -0.39 is 0 Å². The van der Waals surface area contributed by atoms with Crippen molar-refractivity contribution in [2.45, 2.75) is 12.8 Å². The van der Waals surface area contributed by atoms with Crippen LogP contribution in [0.4, 0.5) is 5.82 Å². The molecule has 2 rings (SSSR count). The molecule has 0 bridgehead atoms. The summed E-state index contributed by atoms with van der Waals surface area (Å²) in [5.41, 5.74) is 8.25. The number of thiophene rings is 1. The Labute approximate surface area is 87.4 Å². The molecule has 0 fully saturated rings. The van der Waals surface area contributed by atoms with Crippen molar-refractivity contribution in [3.8, 4) is 0 Å². The zero-order valence-electron chi connectivity index (χ0n) is 7.81. The van der Waals surface area contributed by atoms with Crippen LogP contribution < -0.4 is 5.73 Å². The maximum absolute atomic E-state index is 5.60. The third-order valence-electron chi connectivity index (χ3n) is 2.13. The number of nitrogen functional groups attached to an aromatic ring is 1. The summed E-state index contributed by atoms with van der Waals surface area (Å²) in [4.78, 5) is 3.96. The molecule has 2 N–H and O–H groups in total. The summed E-state index contributed by atoms with van der Waals surface area (Å²) in [5, 5.41) is 4.29. The number of hydrogen-bond donors (Lipinski definition) is 1. The summed E-state index contributed by atoms with van der Waals surface area (Å²) in [7, 11) is 0. The lowest BCUT2D eigenvalue weighted by Gasteiger charge is -2.00. The van der Waals surface area contributed by atoms with Crippen molar-refractivity contribution in [3.05, 3.63) is 46.3 Å². The molecule has 0 saturated heterocycles. The van der Waals surface area contributed by atoms with Gasteiger partial charge in [-0.25, -0.2) is 4.98 Å². The molecule has 3 heteroatoms. The maximum Gasteiger partial charge on any atom is 0.123 e. The van der Waals surface area contributed by atoms with E-state index in [1.165, 1.54) is 11.1 Å². The number of anilines is 1. The molecule has 2 aromatic rings. The molecule has 0 aromatic carbocycles. The highest BCUT2D eigenvalue weighted by Gasteiger charge is 1.96. The topological polar surface area (TPSA) is 38.9 Å². The van der Waals surface area contributed by atoms with Crippen LogP contribution in [-0.2, 0) is 12.8 Å². The molecule has 0 aliphatic rings. The molecule has 72 valence electrons. The van der Waals surface area contributed by atoms with E-state index in [1.807, 2.05) is 12.1 Å². The lowest BCUT2D eigenvalue weighted by atomic mass is 10.1. The highest BCUT2D eigenvalue weighted by Crippen LogP contribution is 2.11. The smallest absolute Gasteiger partial charge is 0.123 e. The Morgan fingerprint density at radius 1 is 1.21 bits per heavy atom. The van der Waals surface area contributed by atoms with E-state index in [0.717, 1.165) is 12.8 Å². The van der Waals surface area contributed by atoms with Crippen molar-refractivity contribution in [2.24, 2.45) is 0 Å². The Morgan fingerprint density at radius 2 is 2.07 bits per heavy atom. The van der Waals surface area contributed by atoms with Gasteiger partial charge in [0.05, 0.1) is 0 Å². The fraction of sp³-hybridized carbons (Fsp3) is 0.182. The summed E-state index contributed by atoms with van der Waals surface area (Å²) in [6.45, 7) is 0. The van der Waals surface area contributed by atoms with Gasteiger partial charge in [0.25, 0.3) is 0 Å². The van der Waals surface area contributed by atoms with Gasteiger partial charge in [0.15, 0.2) is 0 Å². The van der Waals surface area contributed by atoms with E-state index in [0.29, 0.717) is 5.82 Å². The van der Waals surface area contributed by atoms with Gasteiger partial charge in [0, 0.05) is 6.20 Å². The summed E-state index contributed by atoms with van der Waals surface area (Å²) in [6, 6.07) is 6.12. The Morgan fingerprint density at radius 3 is 2.79 bits per heavy atom. The van der Waals surface area contributed by atoms with Gasteiger partial charge in [-0.1, -0.05) is 0 Å². The lowest BCUT2D eigenvalue weighted by Crippen LogP contribution is -1.94. The van der Waals surface area contributed by atoms with E-state index >= 15 is 0 Å². The average molecular weight is 204 g/mol. The first-order chi connectivity index (χ1) is 6.84. The second kappa shape index (κ2) is 4.24. The number of hydrogen-bond acceptors (Lipinski definition) is 3. The number of pyridine rings is 1. The second-order valence-electron chi connectivity index (χ2n) is 3.22. The van der Waals surface area contributed by atoms with E-state index in [2.05, 4.69) is 21.8 Å². The van der Waals surface area contributed by atoms with E-state index in [4.69, 9.17) is 5.73 Å². The maximum atomic E-state index is 5.60. The molecule has 0 aliphatic heterocycles. The quantitative estimate of drug-likeness (QED) is 0.834. The minimum atomic E-state index is 0.604. The molecular weight excluding hydrogens is 192 g/mol. The van der Waals surface area contributed by atoms with Crippen LogP contribution in [0, 0.1) is 0 Å². The summed E-state index contributed by atoms with van der Waals surface area (Å²) >= 11 is 1.74. The Hall–Kier alpha value is -1.35. The molecule has 0 atom stereocenters. The van der Waals surface area contributed by atoms with Crippen LogP contribution in [0.15, 0.2) is 35.2 Å². The number of nitrogens with two attached hydrogens (primary N) is 1. The zero-order chi connectivity index (χ0) is 9.80. The van der Waals surface area contributed by atoms with Gasteiger partial charge in [0.1, 0.15) is 5.82 Å². The second-order valence-corrected chi connectivity index (χ2v) is 4.00. The normalized spacial score (nSPS) is 10.3. The molecule has 0 amide bonds. The average Bonchev–Trinajstić information content (AvgIpc) is 2.67. The van der Waals surface area contributed by atoms with Crippen LogP contribution in [0.3, 0.4) is 0 Å². The van der Waals surface area contributed by atoms with Crippen LogP contribution in [-0.4, -0.2) is 4.98 Å². The Bertz CT molecular complexity index is 395. The van der Waals surface area contributed by atoms with E-state index in [1.54, 1.807) is 17.5 Å². The predicted molar refractivity (Wildman–Crippen MR) is 60.4 cm³/mol. The highest BCUT2D eigenvalue weighted by atomic mass is 32.1. The third kappa shape index (κ3) is 2.33.